The Hall–Kier alpha value is -3.34. The molecule has 1 aliphatic carbocycles. The van der Waals surface area contributed by atoms with Crippen LogP contribution in [0.15, 0.2) is 30.5 Å². The van der Waals surface area contributed by atoms with E-state index in [1.807, 2.05) is 4.90 Å². The van der Waals surface area contributed by atoms with Crippen LogP contribution in [0.25, 0.3) is 5.65 Å². The van der Waals surface area contributed by atoms with Gasteiger partial charge < -0.3 is 20.6 Å². The van der Waals surface area contributed by atoms with Crippen LogP contribution in [-0.4, -0.2) is 44.4 Å². The van der Waals surface area contributed by atoms with Gasteiger partial charge in [-0.25, -0.2) is 23.1 Å². The van der Waals surface area contributed by atoms with Crippen molar-refractivity contribution in [2.24, 2.45) is 0 Å². The van der Waals surface area contributed by atoms with E-state index >= 15 is 0 Å². The topological polar surface area (TPSA) is 94.8 Å². The van der Waals surface area contributed by atoms with Crippen LogP contribution in [0, 0.1) is 17.6 Å². The van der Waals surface area contributed by atoms with Crippen LogP contribution in [0.1, 0.15) is 30.9 Å². The maximum atomic E-state index is 14.4. The summed E-state index contributed by atoms with van der Waals surface area (Å²) in [5.74, 6) is -1.51. The molecule has 162 valence electrons. The monoisotopic (exact) mass is 432 g/mol. The maximum Gasteiger partial charge on any atom is 0.319 e. The van der Waals surface area contributed by atoms with Crippen LogP contribution >= 0.6 is 0 Å². The second-order valence-electron chi connectivity index (χ2n) is 7.74. The highest BCUT2D eigenvalue weighted by atomic mass is 19.1. The zero-order valence-corrected chi connectivity index (χ0v) is 16.2. The lowest BCUT2D eigenvalue weighted by molar-refractivity contribution is 0.241. The molecule has 3 N–H and O–H groups in total. The molecule has 1 aromatic carbocycles. The molecule has 0 radical (unpaired) electrons. The molecule has 0 spiro atoms. The molecule has 2 fully saturated rings. The number of anilines is 2. The Morgan fingerprint density at radius 3 is 2.81 bits per heavy atom. The van der Waals surface area contributed by atoms with Crippen molar-refractivity contribution in [3.8, 4) is 0 Å². The third-order valence-corrected chi connectivity index (χ3v) is 5.60. The Morgan fingerprint density at radius 1 is 1.23 bits per heavy atom. The van der Waals surface area contributed by atoms with Gasteiger partial charge in [-0.05, 0) is 43.5 Å². The number of nitrogens with one attached hydrogen (secondary N) is 2. The SMILES string of the molecule is O=C(Nc1c(F)nn2ccc(N3CCCC3c3cc(F)ccc3F)nc12)N[C@@H]1C[C@H]1O. The molecule has 3 aromatic rings. The van der Waals surface area contributed by atoms with Gasteiger partial charge in [-0.15, -0.1) is 5.10 Å². The summed E-state index contributed by atoms with van der Waals surface area (Å²) in [5, 5.41) is 18.0. The first-order chi connectivity index (χ1) is 14.9. The number of benzene rings is 1. The van der Waals surface area contributed by atoms with Gasteiger partial charge in [0.1, 0.15) is 23.1 Å². The largest absolute Gasteiger partial charge is 0.391 e. The van der Waals surface area contributed by atoms with E-state index < -0.39 is 35.8 Å². The molecule has 1 unspecified atom stereocenters. The summed E-state index contributed by atoms with van der Waals surface area (Å²) in [6, 6.07) is 3.50. The van der Waals surface area contributed by atoms with E-state index in [9.17, 15) is 23.1 Å². The average Bonchev–Trinajstić information content (AvgIpc) is 3.13. The molecule has 1 aliphatic heterocycles. The third-order valence-electron chi connectivity index (χ3n) is 5.60. The van der Waals surface area contributed by atoms with Gasteiger partial charge in [-0.1, -0.05) is 0 Å². The van der Waals surface area contributed by atoms with Gasteiger partial charge in [0.2, 0.25) is 0 Å². The molecule has 2 amide bonds. The first-order valence-corrected chi connectivity index (χ1v) is 9.93. The maximum absolute atomic E-state index is 14.4. The summed E-state index contributed by atoms with van der Waals surface area (Å²) in [4.78, 5) is 18.4. The number of nitrogens with zero attached hydrogens (tertiary/aromatic N) is 4. The van der Waals surface area contributed by atoms with E-state index in [1.54, 1.807) is 6.07 Å². The number of hydrogen-bond donors (Lipinski definition) is 3. The fourth-order valence-corrected chi connectivity index (χ4v) is 3.95. The van der Waals surface area contributed by atoms with Crippen LogP contribution in [-0.2, 0) is 0 Å². The molecule has 5 rings (SSSR count). The van der Waals surface area contributed by atoms with E-state index in [4.69, 9.17) is 0 Å². The molecular formula is C20H19F3N6O2. The van der Waals surface area contributed by atoms with Crippen molar-refractivity contribution in [1.82, 2.24) is 19.9 Å². The van der Waals surface area contributed by atoms with Gasteiger partial charge in [0.05, 0.1) is 18.2 Å². The minimum atomic E-state index is -0.912. The lowest BCUT2D eigenvalue weighted by atomic mass is 10.0. The summed E-state index contributed by atoms with van der Waals surface area (Å²) in [5.41, 5.74) is 0.105. The molecule has 1 saturated carbocycles. The van der Waals surface area contributed by atoms with Crippen molar-refractivity contribution in [2.75, 3.05) is 16.8 Å². The van der Waals surface area contributed by atoms with Crippen molar-refractivity contribution in [3.05, 3.63) is 53.6 Å². The summed E-state index contributed by atoms with van der Waals surface area (Å²) in [7, 11) is 0. The van der Waals surface area contributed by atoms with E-state index in [-0.39, 0.29) is 22.9 Å². The van der Waals surface area contributed by atoms with Gasteiger partial charge in [-0.3, -0.25) is 0 Å². The Kier molecular flexibility index (Phi) is 4.69. The minimum Gasteiger partial charge on any atom is -0.391 e. The molecule has 1 saturated heterocycles. The van der Waals surface area contributed by atoms with E-state index in [2.05, 4.69) is 20.7 Å². The Morgan fingerprint density at radius 2 is 2.03 bits per heavy atom. The number of urea groups is 1. The molecule has 31 heavy (non-hydrogen) atoms. The summed E-state index contributed by atoms with van der Waals surface area (Å²) in [6.07, 6.45) is 2.70. The van der Waals surface area contributed by atoms with E-state index in [1.165, 1.54) is 16.8 Å². The van der Waals surface area contributed by atoms with Crippen LogP contribution in [0.2, 0.25) is 0 Å². The number of carbonyl (C=O) groups excluding carboxylic acids is 1. The number of aliphatic hydroxyl groups excluding tert-OH is 1. The number of carbonyl (C=O) groups is 1. The predicted molar refractivity (Wildman–Crippen MR) is 105 cm³/mol. The average molecular weight is 432 g/mol. The molecule has 3 atom stereocenters. The first-order valence-electron chi connectivity index (χ1n) is 9.93. The highest BCUT2D eigenvalue weighted by Crippen LogP contribution is 2.37. The Balaban J connectivity index is 1.46. The van der Waals surface area contributed by atoms with Crippen LogP contribution in [0.3, 0.4) is 0 Å². The van der Waals surface area contributed by atoms with Crippen molar-refractivity contribution in [3.63, 3.8) is 0 Å². The molecule has 0 bridgehead atoms. The zero-order valence-electron chi connectivity index (χ0n) is 16.2. The number of rotatable bonds is 4. The minimum absolute atomic E-state index is 0.0758. The van der Waals surface area contributed by atoms with Gasteiger partial charge in [0.25, 0.3) is 5.95 Å². The van der Waals surface area contributed by atoms with Crippen LogP contribution in [0.4, 0.5) is 29.5 Å². The first kappa shape index (κ1) is 19.6. The lowest BCUT2D eigenvalue weighted by Crippen LogP contribution is -2.32. The smallest absolute Gasteiger partial charge is 0.319 e. The van der Waals surface area contributed by atoms with Gasteiger partial charge in [-0.2, -0.15) is 4.39 Å². The molecule has 3 heterocycles. The number of halogens is 3. The van der Waals surface area contributed by atoms with E-state index in [0.717, 1.165) is 18.6 Å². The van der Waals surface area contributed by atoms with Crippen molar-refractivity contribution < 1.29 is 23.1 Å². The standard InChI is InChI=1S/C20H19F3N6O2/c21-10-3-4-12(22)11(8-10)14-2-1-6-28(14)16-5-7-29-19(25-16)17(18(23)27-29)26-20(31)24-13-9-15(13)30/h3-5,7-8,13-15,30H,1-2,6,9H2,(H2,24,26,31)/t13-,14?,15-/m1/s1. The summed E-state index contributed by atoms with van der Waals surface area (Å²) in [6.45, 7) is 0.559. The number of amides is 2. The number of aromatic nitrogens is 3. The fourth-order valence-electron chi connectivity index (χ4n) is 3.95. The zero-order chi connectivity index (χ0) is 21.7. The fraction of sp³-hybridized carbons (Fsp3) is 0.350. The van der Waals surface area contributed by atoms with E-state index in [0.29, 0.717) is 25.2 Å². The number of hydrogen-bond acceptors (Lipinski definition) is 5. The molecule has 11 heteroatoms. The molecule has 8 nitrogen and oxygen atoms in total. The molecular weight excluding hydrogens is 413 g/mol. The highest BCUT2D eigenvalue weighted by Gasteiger charge is 2.37. The normalized spacial score (nSPS) is 22.7. The van der Waals surface area contributed by atoms with Crippen LogP contribution in [0.5, 0.6) is 0 Å². The van der Waals surface area contributed by atoms with Gasteiger partial charge in [0.15, 0.2) is 5.65 Å². The van der Waals surface area contributed by atoms with Gasteiger partial charge >= 0.3 is 6.03 Å². The predicted octanol–water partition coefficient (Wildman–Crippen LogP) is 2.74. The van der Waals surface area contributed by atoms with Gasteiger partial charge in [0, 0.05) is 18.3 Å². The van der Waals surface area contributed by atoms with Crippen molar-refractivity contribution >= 4 is 23.2 Å². The lowest BCUT2D eigenvalue weighted by Gasteiger charge is -2.26. The summed E-state index contributed by atoms with van der Waals surface area (Å²) < 4.78 is 43.6. The Labute approximate surface area is 174 Å². The number of fused-ring (bicyclic) bond motifs is 1. The molecule has 2 aliphatic rings. The van der Waals surface area contributed by atoms with Crippen molar-refractivity contribution in [1.29, 1.82) is 0 Å². The summed E-state index contributed by atoms with van der Waals surface area (Å²) >= 11 is 0. The second-order valence-corrected chi connectivity index (χ2v) is 7.74. The quantitative estimate of drug-likeness (QED) is 0.590. The second kappa shape index (κ2) is 7.41. The Bertz CT molecular complexity index is 1170. The molecule has 2 aromatic heterocycles. The third kappa shape index (κ3) is 3.65. The highest BCUT2D eigenvalue weighted by molar-refractivity contribution is 5.93. The van der Waals surface area contributed by atoms with Crippen LogP contribution < -0.4 is 15.5 Å². The number of aliphatic hydroxyl groups is 1. The van der Waals surface area contributed by atoms with Crippen molar-refractivity contribution in [2.45, 2.75) is 37.5 Å².